The lowest BCUT2D eigenvalue weighted by atomic mass is 10.1. The summed E-state index contributed by atoms with van der Waals surface area (Å²) in [6.07, 6.45) is 2.39. The Labute approximate surface area is 154 Å². The van der Waals surface area contributed by atoms with Crippen molar-refractivity contribution in [3.63, 3.8) is 0 Å². The van der Waals surface area contributed by atoms with Crippen LogP contribution in [0.15, 0.2) is 10.6 Å². The van der Waals surface area contributed by atoms with E-state index in [2.05, 4.69) is 10.5 Å². The second kappa shape index (κ2) is 7.41. The summed E-state index contributed by atoms with van der Waals surface area (Å²) in [5, 5.41) is 6.77. The van der Waals surface area contributed by atoms with Gasteiger partial charge >= 0.3 is 5.97 Å². The van der Waals surface area contributed by atoms with Crippen LogP contribution in [0.2, 0.25) is 0 Å². The average Bonchev–Trinajstić information content (AvgIpc) is 3.25. The molecule has 0 spiro atoms. The standard InChI is InChI=1S/C18H20N2O5S/c1-4-12(21)15-9(3)14(18(23)24-5-2)17(26-15)19-16(22)11-8-13(25-20-11)10-6-7-10/h8,10H,4-7H2,1-3H3,(H,19,22). The maximum Gasteiger partial charge on any atom is 0.341 e. The van der Waals surface area contributed by atoms with Gasteiger partial charge in [-0.05, 0) is 32.3 Å². The molecule has 8 heteroatoms. The number of thiophene rings is 1. The largest absolute Gasteiger partial charge is 0.462 e. The van der Waals surface area contributed by atoms with Crippen LogP contribution >= 0.6 is 11.3 Å². The van der Waals surface area contributed by atoms with Crippen molar-refractivity contribution >= 4 is 34.0 Å². The predicted molar refractivity (Wildman–Crippen MR) is 96.1 cm³/mol. The monoisotopic (exact) mass is 376 g/mol. The van der Waals surface area contributed by atoms with Crippen LogP contribution in [0, 0.1) is 6.92 Å². The molecule has 2 aromatic heterocycles. The Balaban J connectivity index is 1.90. The molecule has 1 fully saturated rings. The molecule has 138 valence electrons. The second-order valence-electron chi connectivity index (χ2n) is 6.10. The number of carbonyl (C=O) groups is 3. The van der Waals surface area contributed by atoms with Crippen LogP contribution in [0.3, 0.4) is 0 Å². The topological polar surface area (TPSA) is 98.5 Å². The van der Waals surface area contributed by atoms with Crippen molar-refractivity contribution in [1.29, 1.82) is 0 Å². The fourth-order valence-electron chi connectivity index (χ4n) is 2.60. The molecular formula is C18H20N2O5S. The number of Topliss-reactive ketones (excluding diaryl/α,β-unsaturated/α-hetero) is 1. The number of hydrogen-bond donors (Lipinski definition) is 1. The number of nitrogens with zero attached hydrogens (tertiary/aromatic N) is 1. The molecule has 1 N–H and O–H groups in total. The van der Waals surface area contributed by atoms with E-state index >= 15 is 0 Å². The Morgan fingerprint density at radius 1 is 1.35 bits per heavy atom. The summed E-state index contributed by atoms with van der Waals surface area (Å²) in [6, 6.07) is 1.62. The Morgan fingerprint density at radius 2 is 2.08 bits per heavy atom. The molecule has 0 aliphatic heterocycles. The summed E-state index contributed by atoms with van der Waals surface area (Å²) in [4.78, 5) is 37.4. The smallest absolute Gasteiger partial charge is 0.341 e. The minimum Gasteiger partial charge on any atom is -0.462 e. The minimum absolute atomic E-state index is 0.0870. The number of aromatic nitrogens is 1. The van der Waals surface area contributed by atoms with Crippen LogP contribution < -0.4 is 5.32 Å². The van der Waals surface area contributed by atoms with E-state index in [0.29, 0.717) is 33.5 Å². The normalized spacial score (nSPS) is 13.5. The number of rotatable bonds is 7. The summed E-state index contributed by atoms with van der Waals surface area (Å²) in [7, 11) is 0. The van der Waals surface area contributed by atoms with Crippen LogP contribution in [0.25, 0.3) is 0 Å². The van der Waals surface area contributed by atoms with Crippen molar-refractivity contribution in [2.45, 2.75) is 46.0 Å². The fraction of sp³-hybridized carbons (Fsp3) is 0.444. The van der Waals surface area contributed by atoms with E-state index in [0.717, 1.165) is 24.2 Å². The first-order valence-electron chi connectivity index (χ1n) is 8.57. The van der Waals surface area contributed by atoms with Gasteiger partial charge in [-0.2, -0.15) is 0 Å². The van der Waals surface area contributed by atoms with Gasteiger partial charge in [0.05, 0.1) is 17.0 Å². The zero-order chi connectivity index (χ0) is 18.8. The highest BCUT2D eigenvalue weighted by atomic mass is 32.1. The summed E-state index contributed by atoms with van der Waals surface area (Å²) >= 11 is 1.08. The number of amides is 1. The quantitative estimate of drug-likeness (QED) is 0.580. The van der Waals surface area contributed by atoms with Gasteiger partial charge in [0.2, 0.25) is 0 Å². The third-order valence-corrected chi connectivity index (χ3v) is 5.42. The number of ether oxygens (including phenoxy) is 1. The number of anilines is 1. The number of hydrogen-bond acceptors (Lipinski definition) is 7. The molecule has 3 rings (SSSR count). The van der Waals surface area contributed by atoms with E-state index in [1.54, 1.807) is 26.8 Å². The SMILES string of the molecule is CCOC(=O)c1c(NC(=O)c2cc(C3CC3)on2)sc(C(=O)CC)c1C. The molecule has 0 unspecified atom stereocenters. The second-order valence-corrected chi connectivity index (χ2v) is 7.12. The number of nitrogens with one attached hydrogen (secondary N) is 1. The molecule has 2 heterocycles. The molecule has 0 aromatic carbocycles. The van der Waals surface area contributed by atoms with Crippen LogP contribution in [-0.4, -0.2) is 29.4 Å². The van der Waals surface area contributed by atoms with Crippen molar-refractivity contribution in [3.8, 4) is 0 Å². The number of esters is 1. The minimum atomic E-state index is -0.564. The predicted octanol–water partition coefficient (Wildman–Crippen LogP) is 3.94. The van der Waals surface area contributed by atoms with Crippen LogP contribution in [0.1, 0.15) is 80.9 Å². The summed E-state index contributed by atoms with van der Waals surface area (Å²) in [5.41, 5.74) is 0.887. The lowest BCUT2D eigenvalue weighted by molar-refractivity contribution is 0.0527. The van der Waals surface area contributed by atoms with Crippen LogP contribution in [0.4, 0.5) is 5.00 Å². The van der Waals surface area contributed by atoms with Gasteiger partial charge in [-0.3, -0.25) is 9.59 Å². The maximum atomic E-state index is 12.5. The molecule has 7 nitrogen and oxygen atoms in total. The maximum absolute atomic E-state index is 12.5. The molecule has 0 radical (unpaired) electrons. The molecular weight excluding hydrogens is 356 g/mol. The van der Waals surface area contributed by atoms with Crippen molar-refractivity contribution < 1.29 is 23.6 Å². The molecule has 26 heavy (non-hydrogen) atoms. The van der Waals surface area contributed by atoms with E-state index in [9.17, 15) is 14.4 Å². The highest BCUT2D eigenvalue weighted by Gasteiger charge is 2.30. The highest BCUT2D eigenvalue weighted by molar-refractivity contribution is 7.18. The molecule has 0 saturated heterocycles. The summed E-state index contributed by atoms with van der Waals surface area (Å²) < 4.78 is 10.3. The van der Waals surface area contributed by atoms with Gasteiger partial charge in [0.15, 0.2) is 11.5 Å². The molecule has 2 aromatic rings. The summed E-state index contributed by atoms with van der Waals surface area (Å²) in [5.74, 6) is -0.0913. The van der Waals surface area contributed by atoms with Gasteiger partial charge in [0.1, 0.15) is 10.8 Å². The van der Waals surface area contributed by atoms with Crippen molar-refractivity contribution in [2.75, 3.05) is 11.9 Å². The van der Waals surface area contributed by atoms with E-state index in [-0.39, 0.29) is 23.6 Å². The first-order chi connectivity index (χ1) is 12.5. The van der Waals surface area contributed by atoms with E-state index in [4.69, 9.17) is 9.26 Å². The molecule has 0 bridgehead atoms. The lowest BCUT2D eigenvalue weighted by Gasteiger charge is -2.05. The number of carbonyl (C=O) groups excluding carboxylic acids is 3. The van der Waals surface area contributed by atoms with Gasteiger partial charge in [-0.1, -0.05) is 12.1 Å². The third-order valence-electron chi connectivity index (χ3n) is 4.17. The van der Waals surface area contributed by atoms with Gasteiger partial charge in [0, 0.05) is 18.4 Å². The number of ketones is 1. The first kappa shape index (κ1) is 18.3. The van der Waals surface area contributed by atoms with Crippen molar-refractivity contribution in [3.05, 3.63) is 33.5 Å². The molecule has 1 aliphatic rings. The van der Waals surface area contributed by atoms with E-state index in [1.807, 2.05) is 0 Å². The Bertz CT molecular complexity index is 863. The van der Waals surface area contributed by atoms with E-state index in [1.165, 1.54) is 0 Å². The Kier molecular flexibility index (Phi) is 5.22. The summed E-state index contributed by atoms with van der Waals surface area (Å²) in [6.45, 7) is 5.33. The van der Waals surface area contributed by atoms with Gasteiger partial charge < -0.3 is 14.6 Å². The van der Waals surface area contributed by atoms with Crippen LogP contribution in [0.5, 0.6) is 0 Å². The fourth-order valence-corrected chi connectivity index (χ4v) is 3.80. The molecule has 0 atom stereocenters. The zero-order valence-corrected chi connectivity index (χ0v) is 15.7. The van der Waals surface area contributed by atoms with Crippen molar-refractivity contribution in [1.82, 2.24) is 5.16 Å². The third kappa shape index (κ3) is 3.55. The molecule has 1 amide bonds. The zero-order valence-electron chi connectivity index (χ0n) is 14.9. The van der Waals surface area contributed by atoms with Gasteiger partial charge in [-0.25, -0.2) is 4.79 Å². The van der Waals surface area contributed by atoms with Crippen molar-refractivity contribution in [2.24, 2.45) is 0 Å². The lowest BCUT2D eigenvalue weighted by Crippen LogP contribution is -2.15. The Hall–Kier alpha value is -2.48. The van der Waals surface area contributed by atoms with E-state index < -0.39 is 11.9 Å². The van der Waals surface area contributed by atoms with Gasteiger partial charge in [-0.15, -0.1) is 11.3 Å². The molecule has 1 saturated carbocycles. The molecule has 1 aliphatic carbocycles. The van der Waals surface area contributed by atoms with Gasteiger partial charge in [0.25, 0.3) is 5.91 Å². The first-order valence-corrected chi connectivity index (χ1v) is 9.39. The van der Waals surface area contributed by atoms with Crippen LogP contribution in [-0.2, 0) is 4.74 Å². The Morgan fingerprint density at radius 3 is 2.69 bits per heavy atom. The highest BCUT2D eigenvalue weighted by Crippen LogP contribution is 2.40. The average molecular weight is 376 g/mol.